The van der Waals surface area contributed by atoms with Crippen LogP contribution in [-0.4, -0.2) is 41.8 Å². The van der Waals surface area contributed by atoms with Crippen molar-refractivity contribution in [3.63, 3.8) is 0 Å². The Bertz CT molecular complexity index is 779. The molecule has 1 aliphatic rings. The van der Waals surface area contributed by atoms with Crippen LogP contribution in [0.1, 0.15) is 12.5 Å². The zero-order valence-electron chi connectivity index (χ0n) is 12.4. The van der Waals surface area contributed by atoms with Crippen LogP contribution in [0.4, 0.5) is 5.69 Å². The molecule has 1 aromatic carbocycles. The maximum atomic E-state index is 12.6. The normalized spacial score (nSPS) is 22.2. The molecule has 0 spiro atoms. The van der Waals surface area contributed by atoms with E-state index < -0.39 is 32.5 Å². The topological polar surface area (TPSA) is 118 Å². The first kappa shape index (κ1) is 17.6. The molecule has 1 heterocycles. The highest BCUT2D eigenvalue weighted by molar-refractivity contribution is 7.89. The van der Waals surface area contributed by atoms with Gasteiger partial charge in [-0.1, -0.05) is 18.5 Å². The van der Waals surface area contributed by atoms with Crippen molar-refractivity contribution in [2.24, 2.45) is 11.8 Å². The number of carboxylic acid groups (broad SMARTS) is 1. The molecule has 2 rings (SSSR count). The quantitative estimate of drug-likeness (QED) is 0.645. The van der Waals surface area contributed by atoms with E-state index in [1.807, 2.05) is 0 Å². The standard InChI is InChI=1S/C13H15ClN2O6S/c1-7-5-15(6-10(7)13(17)18)23(21,22)9-3-11(14)8(2)12(4-9)16(19)20/h3-4,7,10H,5-6H2,1-2H3,(H,17,18)/t7-,10-/m1/s1. The van der Waals surface area contributed by atoms with Gasteiger partial charge >= 0.3 is 5.97 Å². The summed E-state index contributed by atoms with van der Waals surface area (Å²) in [7, 11) is -4.05. The maximum Gasteiger partial charge on any atom is 0.308 e. The van der Waals surface area contributed by atoms with Crippen molar-refractivity contribution in [3.8, 4) is 0 Å². The number of halogens is 1. The maximum absolute atomic E-state index is 12.6. The molecule has 23 heavy (non-hydrogen) atoms. The van der Waals surface area contributed by atoms with Gasteiger partial charge in [-0.3, -0.25) is 14.9 Å². The van der Waals surface area contributed by atoms with Gasteiger partial charge in [-0.2, -0.15) is 4.31 Å². The van der Waals surface area contributed by atoms with Gasteiger partial charge in [0.05, 0.1) is 20.8 Å². The Hall–Kier alpha value is -1.71. The number of rotatable bonds is 4. The molecule has 8 nitrogen and oxygen atoms in total. The molecule has 0 unspecified atom stereocenters. The van der Waals surface area contributed by atoms with E-state index in [0.717, 1.165) is 16.4 Å². The van der Waals surface area contributed by atoms with Crippen LogP contribution < -0.4 is 0 Å². The van der Waals surface area contributed by atoms with E-state index in [4.69, 9.17) is 16.7 Å². The van der Waals surface area contributed by atoms with Gasteiger partial charge in [0.25, 0.3) is 5.69 Å². The first-order valence-corrected chi connectivity index (χ1v) is 8.55. The third-order valence-corrected chi connectivity index (χ3v) is 6.22. The zero-order valence-corrected chi connectivity index (χ0v) is 14.0. The largest absolute Gasteiger partial charge is 0.481 e. The predicted octanol–water partition coefficient (Wildman–Crippen LogP) is 1.90. The number of benzene rings is 1. The molecule has 1 saturated heterocycles. The van der Waals surface area contributed by atoms with Gasteiger partial charge in [-0.15, -0.1) is 0 Å². The number of nitrogens with zero attached hydrogens (tertiary/aromatic N) is 2. The zero-order chi connectivity index (χ0) is 17.5. The van der Waals surface area contributed by atoms with Gasteiger partial charge in [-0.25, -0.2) is 8.42 Å². The minimum absolute atomic E-state index is 0.0280. The fraction of sp³-hybridized carbons (Fsp3) is 0.462. The summed E-state index contributed by atoms with van der Waals surface area (Å²) in [4.78, 5) is 21.2. The van der Waals surface area contributed by atoms with Crippen LogP contribution in [0.15, 0.2) is 17.0 Å². The summed E-state index contributed by atoms with van der Waals surface area (Å²) >= 11 is 5.90. The number of aliphatic carboxylic acids is 1. The Morgan fingerprint density at radius 3 is 2.52 bits per heavy atom. The Kier molecular flexibility index (Phi) is 4.65. The number of hydrogen-bond acceptors (Lipinski definition) is 5. The molecule has 1 N–H and O–H groups in total. The van der Waals surface area contributed by atoms with Gasteiger partial charge in [-0.05, 0) is 18.9 Å². The number of carbonyl (C=O) groups is 1. The van der Waals surface area contributed by atoms with E-state index in [-0.39, 0.29) is 34.5 Å². The van der Waals surface area contributed by atoms with Crippen LogP contribution in [0.25, 0.3) is 0 Å². The summed E-state index contributed by atoms with van der Waals surface area (Å²) in [6.45, 7) is 2.95. The first-order chi connectivity index (χ1) is 10.6. The van der Waals surface area contributed by atoms with Crippen LogP contribution in [-0.2, 0) is 14.8 Å². The van der Waals surface area contributed by atoms with Crippen molar-refractivity contribution in [3.05, 3.63) is 32.8 Å². The average molecular weight is 363 g/mol. The summed E-state index contributed by atoms with van der Waals surface area (Å²) in [5.74, 6) is -2.22. The van der Waals surface area contributed by atoms with Crippen molar-refractivity contribution in [2.75, 3.05) is 13.1 Å². The molecule has 0 radical (unpaired) electrons. The van der Waals surface area contributed by atoms with Crippen molar-refractivity contribution in [1.29, 1.82) is 0 Å². The van der Waals surface area contributed by atoms with Crippen LogP contribution >= 0.6 is 11.6 Å². The van der Waals surface area contributed by atoms with Gasteiger partial charge in [0.1, 0.15) is 0 Å². The third-order valence-electron chi connectivity index (χ3n) is 4.02. The van der Waals surface area contributed by atoms with Crippen molar-refractivity contribution in [1.82, 2.24) is 4.31 Å². The number of nitro groups is 1. The summed E-state index contributed by atoms with van der Waals surface area (Å²) in [6, 6.07) is 2.10. The number of carboxylic acids is 1. The van der Waals surface area contributed by atoms with Gasteiger partial charge in [0, 0.05) is 24.7 Å². The lowest BCUT2D eigenvalue weighted by Crippen LogP contribution is -2.30. The van der Waals surface area contributed by atoms with Gasteiger partial charge < -0.3 is 5.11 Å². The van der Waals surface area contributed by atoms with E-state index >= 15 is 0 Å². The fourth-order valence-corrected chi connectivity index (χ4v) is 4.46. The van der Waals surface area contributed by atoms with Gasteiger partial charge in [0.15, 0.2) is 0 Å². The molecule has 1 aromatic rings. The van der Waals surface area contributed by atoms with E-state index in [1.54, 1.807) is 6.92 Å². The van der Waals surface area contributed by atoms with Crippen molar-refractivity contribution in [2.45, 2.75) is 18.7 Å². The highest BCUT2D eigenvalue weighted by atomic mass is 35.5. The van der Waals surface area contributed by atoms with E-state index in [1.165, 1.54) is 6.92 Å². The summed E-state index contributed by atoms with van der Waals surface area (Å²) in [5.41, 5.74) is -0.216. The molecule has 0 aromatic heterocycles. The second-order valence-corrected chi connectivity index (χ2v) is 7.90. The van der Waals surface area contributed by atoms with Crippen LogP contribution in [0.2, 0.25) is 5.02 Å². The molecule has 1 aliphatic heterocycles. The molecule has 0 aliphatic carbocycles. The van der Waals surface area contributed by atoms with Crippen LogP contribution in [0.3, 0.4) is 0 Å². The SMILES string of the molecule is Cc1c(Cl)cc(S(=O)(=O)N2C[C@@H](C)[C@H](C(=O)O)C2)cc1[N+](=O)[O-]. The Labute approximate surface area is 137 Å². The van der Waals surface area contributed by atoms with Crippen LogP contribution in [0, 0.1) is 28.9 Å². The average Bonchev–Trinajstić information content (AvgIpc) is 2.84. The molecule has 1 fully saturated rings. The minimum Gasteiger partial charge on any atom is -0.481 e. The first-order valence-electron chi connectivity index (χ1n) is 6.73. The smallest absolute Gasteiger partial charge is 0.308 e. The fourth-order valence-electron chi connectivity index (χ4n) is 2.57. The lowest BCUT2D eigenvalue weighted by molar-refractivity contribution is -0.385. The number of hydrogen-bond donors (Lipinski definition) is 1. The molecular formula is C13H15ClN2O6S. The molecule has 2 atom stereocenters. The molecule has 10 heteroatoms. The Morgan fingerprint density at radius 1 is 1.43 bits per heavy atom. The summed E-state index contributed by atoms with van der Waals surface area (Å²) in [5, 5.41) is 20.1. The third kappa shape index (κ3) is 3.17. The molecule has 0 amide bonds. The summed E-state index contributed by atoms with van der Waals surface area (Å²) < 4.78 is 26.3. The summed E-state index contributed by atoms with van der Waals surface area (Å²) in [6.07, 6.45) is 0. The highest BCUT2D eigenvalue weighted by Gasteiger charge is 2.41. The molecule has 126 valence electrons. The van der Waals surface area contributed by atoms with E-state index in [2.05, 4.69) is 0 Å². The lowest BCUT2D eigenvalue weighted by atomic mass is 9.99. The number of nitro benzene ring substituents is 1. The minimum atomic E-state index is -4.05. The highest BCUT2D eigenvalue weighted by Crippen LogP contribution is 2.33. The van der Waals surface area contributed by atoms with E-state index in [0.29, 0.717) is 0 Å². The second kappa shape index (κ2) is 6.06. The molecular weight excluding hydrogens is 348 g/mol. The molecule has 0 saturated carbocycles. The lowest BCUT2D eigenvalue weighted by Gasteiger charge is -2.16. The Balaban J connectivity index is 2.45. The van der Waals surface area contributed by atoms with Gasteiger partial charge in [0.2, 0.25) is 10.0 Å². The monoisotopic (exact) mass is 362 g/mol. The Morgan fingerprint density at radius 2 is 2.04 bits per heavy atom. The van der Waals surface area contributed by atoms with Crippen molar-refractivity contribution >= 4 is 33.3 Å². The van der Waals surface area contributed by atoms with Crippen LogP contribution in [0.5, 0.6) is 0 Å². The number of sulfonamides is 1. The predicted molar refractivity (Wildman–Crippen MR) is 81.9 cm³/mol. The van der Waals surface area contributed by atoms with Crippen molar-refractivity contribution < 1.29 is 23.2 Å². The van der Waals surface area contributed by atoms with E-state index in [9.17, 15) is 23.3 Å². The molecule has 0 bridgehead atoms. The second-order valence-electron chi connectivity index (χ2n) is 5.55.